The lowest BCUT2D eigenvalue weighted by molar-refractivity contribution is -0.148. The molecule has 0 saturated heterocycles. The Hall–Kier alpha value is -0.613. The predicted molar refractivity (Wildman–Crippen MR) is 76.0 cm³/mol. The van der Waals surface area contributed by atoms with Crippen molar-refractivity contribution in [3.05, 3.63) is 12.7 Å². The van der Waals surface area contributed by atoms with Gasteiger partial charge in [0.05, 0.1) is 18.1 Å². The van der Waals surface area contributed by atoms with E-state index in [4.69, 9.17) is 9.16 Å². The average Bonchev–Trinajstić information content (AvgIpc) is 2.82. The van der Waals surface area contributed by atoms with E-state index in [0.29, 0.717) is 6.42 Å². The standard InChI is InChI=1S/C14H26O3Si/c1-9-14(10-13(14,5)11(15)16-6)17-18(7,8)12(2,3)4/h9H,1,10H2,2-8H3/t13-,14+/m1/s1. The van der Waals surface area contributed by atoms with E-state index in [1.807, 2.05) is 6.92 Å². The molecule has 0 heterocycles. The second-order valence-electron chi connectivity index (χ2n) is 6.96. The summed E-state index contributed by atoms with van der Waals surface area (Å²) in [6.07, 6.45) is 2.45. The molecule has 0 radical (unpaired) electrons. The van der Waals surface area contributed by atoms with Crippen LogP contribution in [-0.4, -0.2) is 27.0 Å². The molecule has 4 heteroatoms. The number of esters is 1. The first-order valence-electron chi connectivity index (χ1n) is 6.38. The smallest absolute Gasteiger partial charge is 0.314 e. The molecular formula is C14H26O3Si. The van der Waals surface area contributed by atoms with E-state index < -0.39 is 19.3 Å². The van der Waals surface area contributed by atoms with Crippen molar-refractivity contribution in [2.45, 2.75) is 57.8 Å². The van der Waals surface area contributed by atoms with Crippen LogP contribution < -0.4 is 0 Å². The van der Waals surface area contributed by atoms with Gasteiger partial charge in [-0.25, -0.2) is 0 Å². The maximum absolute atomic E-state index is 11.9. The van der Waals surface area contributed by atoms with E-state index in [1.165, 1.54) is 7.11 Å². The lowest BCUT2D eigenvalue weighted by Crippen LogP contribution is -2.46. The minimum atomic E-state index is -1.93. The Morgan fingerprint density at radius 1 is 1.39 bits per heavy atom. The Morgan fingerprint density at radius 3 is 2.22 bits per heavy atom. The number of methoxy groups -OCH3 is 1. The summed E-state index contributed by atoms with van der Waals surface area (Å²) in [7, 11) is -0.503. The molecule has 0 spiro atoms. The highest BCUT2D eigenvalue weighted by atomic mass is 28.4. The maximum atomic E-state index is 11.9. The third-order valence-corrected chi connectivity index (χ3v) is 9.12. The normalized spacial score (nSPS) is 31.9. The van der Waals surface area contributed by atoms with Gasteiger partial charge in [0, 0.05) is 0 Å². The number of hydrogen-bond donors (Lipinski definition) is 0. The number of carbonyl (C=O) groups excluding carboxylic acids is 1. The SMILES string of the molecule is C=C[C@]1(O[Si](C)(C)C(C)(C)C)C[C@]1(C)C(=O)OC. The lowest BCUT2D eigenvalue weighted by atomic mass is 10.1. The number of hydrogen-bond acceptors (Lipinski definition) is 3. The molecule has 3 nitrogen and oxygen atoms in total. The minimum Gasteiger partial charge on any atom is -0.469 e. The van der Waals surface area contributed by atoms with Gasteiger partial charge >= 0.3 is 5.97 Å². The third kappa shape index (κ3) is 2.16. The van der Waals surface area contributed by atoms with E-state index in [0.717, 1.165) is 0 Å². The first-order chi connectivity index (χ1) is 7.96. The molecule has 104 valence electrons. The Bertz CT molecular complexity index is 370. The fourth-order valence-electron chi connectivity index (χ4n) is 2.05. The second-order valence-corrected chi connectivity index (χ2v) is 11.7. The van der Waals surface area contributed by atoms with Crippen molar-refractivity contribution >= 4 is 14.3 Å². The minimum absolute atomic E-state index is 0.114. The van der Waals surface area contributed by atoms with E-state index in [1.54, 1.807) is 6.08 Å². The zero-order valence-corrected chi connectivity index (χ0v) is 13.7. The average molecular weight is 270 g/mol. The summed E-state index contributed by atoms with van der Waals surface area (Å²) in [5, 5.41) is 0.114. The van der Waals surface area contributed by atoms with Crippen LogP contribution in [0.4, 0.5) is 0 Å². The van der Waals surface area contributed by atoms with Gasteiger partial charge in [-0.15, -0.1) is 6.58 Å². The van der Waals surface area contributed by atoms with Crippen molar-refractivity contribution in [2.75, 3.05) is 7.11 Å². The van der Waals surface area contributed by atoms with Crippen LogP contribution in [0.3, 0.4) is 0 Å². The number of rotatable bonds is 4. The fraction of sp³-hybridized carbons (Fsp3) is 0.786. The highest BCUT2D eigenvalue weighted by Crippen LogP contribution is 2.62. The summed E-state index contributed by atoms with van der Waals surface area (Å²) in [5.41, 5.74) is -1.11. The van der Waals surface area contributed by atoms with Crippen molar-refractivity contribution in [1.82, 2.24) is 0 Å². The van der Waals surface area contributed by atoms with Crippen LogP contribution in [0.1, 0.15) is 34.1 Å². The molecule has 1 aliphatic rings. The van der Waals surface area contributed by atoms with Crippen molar-refractivity contribution in [1.29, 1.82) is 0 Å². The van der Waals surface area contributed by atoms with Gasteiger partial charge in [0.2, 0.25) is 0 Å². The lowest BCUT2D eigenvalue weighted by Gasteiger charge is -2.39. The molecule has 18 heavy (non-hydrogen) atoms. The zero-order chi connectivity index (χ0) is 14.4. The summed E-state index contributed by atoms with van der Waals surface area (Å²) >= 11 is 0. The van der Waals surface area contributed by atoms with Gasteiger partial charge in [-0.2, -0.15) is 0 Å². The molecule has 2 atom stereocenters. The van der Waals surface area contributed by atoms with Crippen molar-refractivity contribution < 1.29 is 14.0 Å². The first-order valence-corrected chi connectivity index (χ1v) is 9.29. The molecule has 1 fully saturated rings. The van der Waals surface area contributed by atoms with Crippen molar-refractivity contribution in [3.63, 3.8) is 0 Å². The van der Waals surface area contributed by atoms with Gasteiger partial charge in [0.15, 0.2) is 8.32 Å². The van der Waals surface area contributed by atoms with Gasteiger partial charge in [-0.1, -0.05) is 26.8 Å². The highest BCUT2D eigenvalue weighted by Gasteiger charge is 2.71. The summed E-state index contributed by atoms with van der Waals surface area (Å²) in [5.74, 6) is -0.207. The third-order valence-electron chi connectivity index (χ3n) is 4.63. The first kappa shape index (κ1) is 15.4. The van der Waals surface area contributed by atoms with Crippen LogP contribution >= 0.6 is 0 Å². The van der Waals surface area contributed by atoms with E-state index in [9.17, 15) is 4.79 Å². The zero-order valence-electron chi connectivity index (χ0n) is 12.7. The van der Waals surface area contributed by atoms with Crippen LogP contribution in [0, 0.1) is 5.41 Å². The summed E-state index contributed by atoms with van der Waals surface area (Å²) < 4.78 is 11.3. The van der Waals surface area contributed by atoms with E-state index in [-0.39, 0.29) is 11.0 Å². The molecule has 0 aliphatic heterocycles. The Kier molecular flexibility index (Phi) is 3.61. The molecule has 1 saturated carbocycles. The monoisotopic (exact) mass is 270 g/mol. The van der Waals surface area contributed by atoms with Gasteiger partial charge in [-0.05, 0) is 31.5 Å². The fourth-order valence-corrected chi connectivity index (χ4v) is 3.65. The summed E-state index contributed by atoms with van der Waals surface area (Å²) in [4.78, 5) is 11.9. The number of carbonyl (C=O) groups is 1. The van der Waals surface area contributed by atoms with Crippen molar-refractivity contribution in [3.8, 4) is 0 Å². The van der Waals surface area contributed by atoms with Crippen LogP contribution in [0.15, 0.2) is 12.7 Å². The summed E-state index contributed by atoms with van der Waals surface area (Å²) in [6, 6.07) is 0. The Morgan fingerprint density at radius 2 is 1.89 bits per heavy atom. The van der Waals surface area contributed by atoms with Crippen LogP contribution in [0.2, 0.25) is 18.1 Å². The molecule has 1 aliphatic carbocycles. The highest BCUT2D eigenvalue weighted by molar-refractivity contribution is 6.74. The van der Waals surface area contributed by atoms with Gasteiger partial charge in [0.25, 0.3) is 0 Å². The van der Waals surface area contributed by atoms with Crippen molar-refractivity contribution in [2.24, 2.45) is 5.41 Å². The second kappa shape index (κ2) is 4.20. The Labute approximate surface area is 112 Å². The molecule has 0 aromatic rings. The van der Waals surface area contributed by atoms with E-state index in [2.05, 4.69) is 40.4 Å². The molecule has 0 bridgehead atoms. The molecule has 0 unspecified atom stereocenters. The van der Waals surface area contributed by atoms with Gasteiger partial charge < -0.3 is 9.16 Å². The van der Waals surface area contributed by atoms with E-state index >= 15 is 0 Å². The predicted octanol–water partition coefficient (Wildman–Crippen LogP) is 3.52. The van der Waals surface area contributed by atoms with Crippen LogP contribution in [0.5, 0.6) is 0 Å². The van der Waals surface area contributed by atoms with Gasteiger partial charge in [0.1, 0.15) is 0 Å². The molecule has 0 amide bonds. The molecule has 1 rings (SSSR count). The molecular weight excluding hydrogens is 244 g/mol. The van der Waals surface area contributed by atoms with Crippen LogP contribution in [-0.2, 0) is 14.0 Å². The molecule has 0 N–H and O–H groups in total. The quantitative estimate of drug-likeness (QED) is 0.445. The molecule has 0 aromatic carbocycles. The van der Waals surface area contributed by atoms with Crippen LogP contribution in [0.25, 0.3) is 0 Å². The largest absolute Gasteiger partial charge is 0.469 e. The maximum Gasteiger partial charge on any atom is 0.314 e. The number of ether oxygens (including phenoxy) is 1. The van der Waals surface area contributed by atoms with Gasteiger partial charge in [-0.3, -0.25) is 4.79 Å². The Balaban J connectivity index is 2.97. The molecule has 0 aromatic heterocycles. The topological polar surface area (TPSA) is 35.5 Å². The summed E-state index contributed by atoms with van der Waals surface area (Å²) in [6.45, 7) is 16.7.